The molecule has 24 heavy (non-hydrogen) atoms. The van der Waals surface area contributed by atoms with E-state index in [1.54, 1.807) is 30.6 Å². The Bertz CT molecular complexity index is 586. The second kappa shape index (κ2) is 8.74. The fraction of sp³-hybridized carbons (Fsp3) is 0.588. The first-order valence-corrected chi connectivity index (χ1v) is 11.3. The van der Waals surface area contributed by atoms with E-state index in [0.717, 1.165) is 28.4 Å². The van der Waals surface area contributed by atoms with E-state index in [4.69, 9.17) is 0 Å². The van der Waals surface area contributed by atoms with Crippen molar-refractivity contribution in [3.63, 3.8) is 0 Å². The summed E-state index contributed by atoms with van der Waals surface area (Å²) in [5.41, 5.74) is 1.14. The first-order chi connectivity index (χ1) is 11.4. The van der Waals surface area contributed by atoms with Crippen LogP contribution >= 0.6 is 23.5 Å². The number of nitrogens with one attached hydrogen (secondary N) is 2. The molecule has 1 aromatic rings. The zero-order chi connectivity index (χ0) is 17.7. The predicted molar refractivity (Wildman–Crippen MR) is 106 cm³/mol. The lowest BCUT2D eigenvalue weighted by Crippen LogP contribution is -2.57. The number of rotatable bonds is 7. The van der Waals surface area contributed by atoms with Crippen molar-refractivity contribution in [2.45, 2.75) is 42.2 Å². The highest BCUT2D eigenvalue weighted by atomic mass is 32.2. The quantitative estimate of drug-likeness (QED) is 0.756. The van der Waals surface area contributed by atoms with E-state index in [1.807, 2.05) is 31.2 Å². The van der Waals surface area contributed by atoms with E-state index in [-0.39, 0.29) is 17.9 Å². The molecular weight excluding hydrogens is 360 g/mol. The van der Waals surface area contributed by atoms with Crippen molar-refractivity contribution in [3.05, 3.63) is 29.8 Å². The molecule has 1 aliphatic heterocycles. The van der Waals surface area contributed by atoms with Crippen LogP contribution in [0.2, 0.25) is 0 Å². The molecule has 7 heteroatoms. The zero-order valence-electron chi connectivity index (χ0n) is 14.6. The van der Waals surface area contributed by atoms with E-state index in [1.165, 1.54) is 0 Å². The lowest BCUT2D eigenvalue weighted by atomic mass is 9.96. The van der Waals surface area contributed by atoms with Gasteiger partial charge in [-0.3, -0.25) is 4.79 Å². The molecule has 2 unspecified atom stereocenters. The van der Waals surface area contributed by atoms with E-state index in [2.05, 4.69) is 23.9 Å². The molecule has 0 radical (unpaired) electrons. The van der Waals surface area contributed by atoms with Gasteiger partial charge in [-0.1, -0.05) is 38.0 Å². The minimum atomic E-state index is -1.34. The Kier molecular flexibility index (Phi) is 7.22. The Morgan fingerprint density at radius 2 is 1.88 bits per heavy atom. The van der Waals surface area contributed by atoms with Gasteiger partial charge in [0.25, 0.3) is 0 Å². The minimum Gasteiger partial charge on any atom is -0.357 e. The number of hydrogen-bond donors (Lipinski definition) is 2. The molecule has 3 atom stereocenters. The van der Waals surface area contributed by atoms with Gasteiger partial charge in [0.2, 0.25) is 5.91 Å². The summed E-state index contributed by atoms with van der Waals surface area (Å²) in [6.45, 7) is 6.23. The minimum absolute atomic E-state index is 0.00806. The van der Waals surface area contributed by atoms with Crippen LogP contribution in [-0.2, 0) is 15.8 Å². The number of carbonyl (C=O) groups is 1. The van der Waals surface area contributed by atoms with E-state index < -0.39 is 15.1 Å². The first kappa shape index (κ1) is 19.8. The highest BCUT2D eigenvalue weighted by Crippen LogP contribution is 2.49. The molecule has 1 fully saturated rings. The van der Waals surface area contributed by atoms with Gasteiger partial charge in [0, 0.05) is 18.6 Å². The second-order valence-corrected chi connectivity index (χ2v) is 10.2. The second-order valence-electron chi connectivity index (χ2n) is 6.01. The SMILES string of the molecule is CCC(C)C(N[S@@](=O)c1ccc(C)cc1)C1(C(=O)NC)SCCS1. The van der Waals surface area contributed by atoms with Crippen molar-refractivity contribution in [2.24, 2.45) is 5.92 Å². The van der Waals surface area contributed by atoms with E-state index in [0.29, 0.717) is 0 Å². The molecule has 0 saturated carbocycles. The Hall–Kier alpha value is -0.500. The van der Waals surface area contributed by atoms with Crippen molar-refractivity contribution < 1.29 is 9.00 Å². The number of carbonyl (C=O) groups excluding carboxylic acids is 1. The molecule has 2 N–H and O–H groups in total. The number of aryl methyl sites for hydroxylation is 1. The molecule has 0 aromatic heterocycles. The van der Waals surface area contributed by atoms with Crippen LogP contribution in [0.1, 0.15) is 25.8 Å². The highest BCUT2D eigenvalue weighted by Gasteiger charge is 2.51. The van der Waals surface area contributed by atoms with Crippen LogP contribution in [0, 0.1) is 12.8 Å². The Balaban J connectivity index is 2.29. The summed E-state index contributed by atoms with van der Waals surface area (Å²) in [7, 11) is 0.334. The number of hydrogen-bond acceptors (Lipinski definition) is 4. The molecule has 0 aliphatic carbocycles. The zero-order valence-corrected chi connectivity index (χ0v) is 17.1. The van der Waals surface area contributed by atoms with Gasteiger partial charge in [-0.05, 0) is 25.0 Å². The smallest absolute Gasteiger partial charge is 0.247 e. The van der Waals surface area contributed by atoms with Gasteiger partial charge < -0.3 is 5.32 Å². The van der Waals surface area contributed by atoms with E-state index in [9.17, 15) is 9.00 Å². The van der Waals surface area contributed by atoms with Crippen molar-refractivity contribution in [1.29, 1.82) is 0 Å². The fourth-order valence-electron chi connectivity index (χ4n) is 2.70. The lowest BCUT2D eigenvalue weighted by molar-refractivity contribution is -0.121. The molecule has 1 aromatic carbocycles. The van der Waals surface area contributed by atoms with Gasteiger partial charge in [-0.15, -0.1) is 23.5 Å². The van der Waals surface area contributed by atoms with Gasteiger partial charge >= 0.3 is 0 Å². The third-order valence-electron chi connectivity index (χ3n) is 4.35. The molecule has 134 valence electrons. The largest absolute Gasteiger partial charge is 0.357 e. The van der Waals surface area contributed by atoms with Crippen molar-refractivity contribution in [3.8, 4) is 0 Å². The number of benzene rings is 1. The van der Waals surface area contributed by atoms with Crippen LogP contribution in [0.15, 0.2) is 29.2 Å². The van der Waals surface area contributed by atoms with Crippen LogP contribution in [0.25, 0.3) is 0 Å². The van der Waals surface area contributed by atoms with Gasteiger partial charge in [0.15, 0.2) is 4.08 Å². The van der Waals surface area contributed by atoms with Crippen LogP contribution in [0.3, 0.4) is 0 Å². The molecule has 1 saturated heterocycles. The summed E-state index contributed by atoms with van der Waals surface area (Å²) in [5.74, 6) is 2.11. The maximum Gasteiger partial charge on any atom is 0.247 e. The normalized spacial score (nSPS) is 20.3. The lowest BCUT2D eigenvalue weighted by Gasteiger charge is -2.37. The molecule has 2 rings (SSSR count). The summed E-state index contributed by atoms with van der Waals surface area (Å²) in [6.07, 6.45) is 0.919. The summed E-state index contributed by atoms with van der Waals surface area (Å²) in [4.78, 5) is 13.4. The van der Waals surface area contributed by atoms with Crippen molar-refractivity contribution in [2.75, 3.05) is 18.6 Å². The Labute approximate surface area is 155 Å². The first-order valence-electron chi connectivity index (χ1n) is 8.19. The van der Waals surface area contributed by atoms with Crippen LogP contribution in [0.4, 0.5) is 0 Å². The number of amides is 1. The average Bonchev–Trinajstić information content (AvgIpc) is 3.09. The van der Waals surface area contributed by atoms with Crippen LogP contribution in [-0.4, -0.2) is 38.8 Å². The summed E-state index contributed by atoms with van der Waals surface area (Å²) < 4.78 is 15.5. The van der Waals surface area contributed by atoms with Crippen LogP contribution in [0.5, 0.6) is 0 Å². The van der Waals surface area contributed by atoms with Crippen molar-refractivity contribution >= 4 is 40.4 Å². The standard InChI is InChI=1S/C17H26N2O2S3/c1-5-13(3)15(17(16(20)18-4)22-10-11-23-17)19-24(21)14-8-6-12(2)7-9-14/h6-9,13,15,19H,5,10-11H2,1-4H3,(H,18,20)/t13?,15?,24-/m0/s1. The Morgan fingerprint density at radius 1 is 1.29 bits per heavy atom. The van der Waals surface area contributed by atoms with Gasteiger partial charge in [-0.25, -0.2) is 8.93 Å². The summed E-state index contributed by atoms with van der Waals surface area (Å²) >= 11 is 3.34. The predicted octanol–water partition coefficient (Wildman–Crippen LogP) is 2.94. The number of thioether (sulfide) groups is 2. The maximum absolute atomic E-state index is 12.8. The molecule has 1 heterocycles. The third-order valence-corrected chi connectivity index (χ3v) is 9.04. The molecule has 1 amide bonds. The third kappa shape index (κ3) is 4.18. The Morgan fingerprint density at radius 3 is 2.38 bits per heavy atom. The van der Waals surface area contributed by atoms with Gasteiger partial charge in [-0.2, -0.15) is 0 Å². The monoisotopic (exact) mass is 386 g/mol. The van der Waals surface area contributed by atoms with Crippen molar-refractivity contribution in [1.82, 2.24) is 10.0 Å². The summed E-state index contributed by atoms with van der Waals surface area (Å²) in [6, 6.07) is 7.52. The molecule has 1 aliphatic rings. The molecule has 0 bridgehead atoms. The fourth-order valence-corrected chi connectivity index (χ4v) is 7.53. The summed E-state index contributed by atoms with van der Waals surface area (Å²) in [5, 5.41) is 2.81. The maximum atomic E-state index is 12.8. The molecule has 0 spiro atoms. The molecule has 4 nitrogen and oxygen atoms in total. The van der Waals surface area contributed by atoms with Crippen LogP contribution < -0.4 is 10.0 Å². The molecular formula is C17H26N2O2S3. The van der Waals surface area contributed by atoms with E-state index >= 15 is 0 Å². The topological polar surface area (TPSA) is 58.2 Å². The van der Waals surface area contributed by atoms with Gasteiger partial charge in [0.1, 0.15) is 11.0 Å². The highest BCUT2D eigenvalue weighted by molar-refractivity contribution is 8.22. The van der Waals surface area contributed by atoms with Gasteiger partial charge in [0.05, 0.1) is 10.9 Å². The average molecular weight is 387 g/mol.